The number of halogens is 2. The summed E-state index contributed by atoms with van der Waals surface area (Å²) in [5, 5.41) is 3.58. The lowest BCUT2D eigenvalue weighted by atomic mass is 10.2. The van der Waals surface area contributed by atoms with E-state index in [0.717, 1.165) is 42.1 Å². The zero-order chi connectivity index (χ0) is 22.9. The number of aromatic nitrogens is 3. The van der Waals surface area contributed by atoms with E-state index in [-0.39, 0.29) is 23.1 Å². The number of amides is 1. The highest BCUT2D eigenvalue weighted by molar-refractivity contribution is 7.99. The molecule has 11 heteroatoms. The number of fused-ring (bicyclic) bond motifs is 3. The lowest BCUT2D eigenvalue weighted by Crippen LogP contribution is -2.28. The molecule has 1 aliphatic rings. The Morgan fingerprint density at radius 1 is 1.33 bits per heavy atom. The number of pyridine rings is 1. The van der Waals surface area contributed by atoms with Gasteiger partial charge in [-0.2, -0.15) is 0 Å². The number of benzene rings is 1. The minimum atomic E-state index is -0.861. The van der Waals surface area contributed by atoms with Crippen molar-refractivity contribution >= 4 is 55.1 Å². The Labute approximate surface area is 194 Å². The van der Waals surface area contributed by atoms with Gasteiger partial charge in [-0.05, 0) is 37.1 Å². The largest absolute Gasteiger partial charge is 0.376 e. The molecule has 1 saturated heterocycles. The van der Waals surface area contributed by atoms with Crippen molar-refractivity contribution in [1.29, 1.82) is 0 Å². The van der Waals surface area contributed by atoms with E-state index in [1.807, 2.05) is 6.07 Å². The lowest BCUT2D eigenvalue weighted by Gasteiger charge is -2.15. The van der Waals surface area contributed by atoms with Gasteiger partial charge < -0.3 is 10.1 Å². The summed E-state index contributed by atoms with van der Waals surface area (Å²) >= 11 is 2.37. The number of thiophene rings is 1. The summed E-state index contributed by atoms with van der Waals surface area (Å²) in [5.41, 5.74) is 0.229. The van der Waals surface area contributed by atoms with Crippen LogP contribution in [0.25, 0.3) is 20.4 Å². The Balaban J connectivity index is 1.46. The molecule has 0 bridgehead atoms. The van der Waals surface area contributed by atoms with Crippen molar-refractivity contribution < 1.29 is 18.3 Å². The number of nitrogens with zero attached hydrogens (tertiary/aromatic N) is 3. The summed E-state index contributed by atoms with van der Waals surface area (Å²) in [7, 11) is 0. The quantitative estimate of drug-likeness (QED) is 0.324. The van der Waals surface area contributed by atoms with E-state index in [0.29, 0.717) is 39.4 Å². The van der Waals surface area contributed by atoms with E-state index in [1.54, 1.807) is 16.8 Å². The van der Waals surface area contributed by atoms with Crippen molar-refractivity contribution in [2.45, 2.75) is 30.6 Å². The van der Waals surface area contributed by atoms with E-state index in [4.69, 9.17) is 9.72 Å². The normalized spacial score (nSPS) is 16.0. The number of hydrogen-bond acceptors (Lipinski definition) is 7. The number of nitrogens with one attached hydrogen (secondary N) is 1. The summed E-state index contributed by atoms with van der Waals surface area (Å²) < 4.78 is 34.7. The van der Waals surface area contributed by atoms with Crippen molar-refractivity contribution in [3.63, 3.8) is 0 Å². The molecule has 170 valence electrons. The van der Waals surface area contributed by atoms with Crippen LogP contribution >= 0.6 is 23.1 Å². The minimum absolute atomic E-state index is 0.101. The third kappa shape index (κ3) is 4.48. The highest BCUT2D eigenvalue weighted by atomic mass is 32.2. The zero-order valence-electron chi connectivity index (χ0n) is 17.2. The van der Waals surface area contributed by atoms with E-state index in [2.05, 4.69) is 10.3 Å². The molecule has 1 unspecified atom stereocenters. The van der Waals surface area contributed by atoms with Crippen molar-refractivity contribution in [1.82, 2.24) is 14.5 Å². The van der Waals surface area contributed by atoms with E-state index < -0.39 is 17.5 Å². The first-order chi connectivity index (χ1) is 16.0. The van der Waals surface area contributed by atoms with Gasteiger partial charge in [0.15, 0.2) is 5.16 Å². The number of anilines is 1. The zero-order valence-corrected chi connectivity index (χ0v) is 18.8. The molecule has 0 saturated carbocycles. The Morgan fingerprint density at radius 2 is 2.21 bits per heavy atom. The maximum absolute atomic E-state index is 13.9. The van der Waals surface area contributed by atoms with Crippen LogP contribution in [0.15, 0.2) is 46.5 Å². The van der Waals surface area contributed by atoms with Crippen molar-refractivity contribution in [3.05, 3.63) is 58.5 Å². The van der Waals surface area contributed by atoms with Crippen molar-refractivity contribution in [2.24, 2.45) is 0 Å². The van der Waals surface area contributed by atoms with Gasteiger partial charge in [0.05, 0.1) is 29.6 Å². The number of rotatable bonds is 6. The molecule has 1 atom stereocenters. The van der Waals surface area contributed by atoms with Crippen LogP contribution in [-0.2, 0) is 16.1 Å². The number of thioether (sulfide) groups is 1. The Morgan fingerprint density at radius 3 is 3.00 bits per heavy atom. The summed E-state index contributed by atoms with van der Waals surface area (Å²) in [4.78, 5) is 35.6. The molecule has 4 heterocycles. The molecule has 1 aromatic carbocycles. The summed E-state index contributed by atoms with van der Waals surface area (Å²) in [5.74, 6) is -2.20. The van der Waals surface area contributed by atoms with Crippen LogP contribution in [0, 0.1) is 11.6 Å². The average molecular weight is 489 g/mol. The molecule has 1 N–H and O–H groups in total. The number of hydrogen-bond donors (Lipinski definition) is 1. The SMILES string of the molecule is O=C(CSc1nc2c(sc3ncccc32)c(=O)n1CC1CCCO1)Nc1ccc(F)cc1F. The number of ether oxygens (including phenoxy) is 1. The number of carbonyl (C=O) groups excluding carboxylic acids is 1. The van der Waals surface area contributed by atoms with Gasteiger partial charge in [-0.25, -0.2) is 18.7 Å². The minimum Gasteiger partial charge on any atom is -0.376 e. The fraction of sp³-hybridized carbons (Fsp3) is 0.273. The molecule has 5 rings (SSSR count). The fourth-order valence-corrected chi connectivity index (χ4v) is 5.54. The van der Waals surface area contributed by atoms with Gasteiger partial charge in [0.1, 0.15) is 21.2 Å². The molecular formula is C22H18F2N4O3S2. The van der Waals surface area contributed by atoms with Gasteiger partial charge in [-0.15, -0.1) is 11.3 Å². The monoisotopic (exact) mass is 488 g/mol. The topological polar surface area (TPSA) is 86.1 Å². The second-order valence-electron chi connectivity index (χ2n) is 7.54. The average Bonchev–Trinajstić information content (AvgIpc) is 3.44. The standard InChI is InChI=1S/C22H18F2N4O3S2/c23-12-5-6-16(15(24)9-12)26-17(29)11-32-22-27-18-14-4-1-7-25-20(14)33-19(18)21(30)28(22)10-13-3-2-8-31-13/h1,4-7,9,13H,2-3,8,10-11H2,(H,26,29). The maximum Gasteiger partial charge on any atom is 0.272 e. The van der Waals surface area contributed by atoms with Gasteiger partial charge in [-0.1, -0.05) is 11.8 Å². The predicted molar refractivity (Wildman–Crippen MR) is 124 cm³/mol. The van der Waals surface area contributed by atoms with Crippen LogP contribution in [0.1, 0.15) is 12.8 Å². The van der Waals surface area contributed by atoms with Crippen molar-refractivity contribution in [2.75, 3.05) is 17.7 Å². The first kappa shape index (κ1) is 21.9. The van der Waals surface area contributed by atoms with Gasteiger partial charge in [0.2, 0.25) is 5.91 Å². The molecule has 3 aromatic heterocycles. The molecule has 4 aromatic rings. The van der Waals surface area contributed by atoms with Gasteiger partial charge in [0.25, 0.3) is 5.56 Å². The molecule has 33 heavy (non-hydrogen) atoms. The molecule has 7 nitrogen and oxygen atoms in total. The first-order valence-electron chi connectivity index (χ1n) is 10.3. The van der Waals surface area contributed by atoms with E-state index in [1.165, 1.54) is 11.3 Å². The van der Waals surface area contributed by atoms with E-state index >= 15 is 0 Å². The molecule has 0 aliphatic carbocycles. The molecule has 0 radical (unpaired) electrons. The third-order valence-corrected chi connectivity index (χ3v) is 7.33. The van der Waals surface area contributed by atoms with E-state index in [9.17, 15) is 18.4 Å². The summed E-state index contributed by atoms with van der Waals surface area (Å²) in [6.07, 6.45) is 3.33. The van der Waals surface area contributed by atoms with Crippen LogP contribution < -0.4 is 10.9 Å². The maximum atomic E-state index is 13.9. The van der Waals surface area contributed by atoms with Gasteiger partial charge >= 0.3 is 0 Å². The van der Waals surface area contributed by atoms with Gasteiger partial charge in [-0.3, -0.25) is 14.2 Å². The van der Waals surface area contributed by atoms with Crippen LogP contribution in [0.2, 0.25) is 0 Å². The fourth-order valence-electron chi connectivity index (χ4n) is 3.71. The van der Waals surface area contributed by atoms with Crippen LogP contribution in [0.3, 0.4) is 0 Å². The predicted octanol–water partition coefficient (Wildman–Crippen LogP) is 4.19. The van der Waals surface area contributed by atoms with Crippen LogP contribution in [0.4, 0.5) is 14.5 Å². The molecule has 1 fully saturated rings. The second kappa shape index (κ2) is 9.16. The van der Waals surface area contributed by atoms with Crippen LogP contribution in [0.5, 0.6) is 0 Å². The molecule has 0 spiro atoms. The highest BCUT2D eigenvalue weighted by Gasteiger charge is 2.22. The number of carbonyl (C=O) groups is 1. The molecule has 1 aliphatic heterocycles. The third-order valence-electron chi connectivity index (χ3n) is 5.27. The Hall–Kier alpha value is -2.89. The summed E-state index contributed by atoms with van der Waals surface area (Å²) in [6, 6.07) is 6.57. The Bertz CT molecular complexity index is 1420. The second-order valence-corrected chi connectivity index (χ2v) is 9.48. The lowest BCUT2D eigenvalue weighted by molar-refractivity contribution is -0.113. The first-order valence-corrected chi connectivity index (χ1v) is 12.1. The van der Waals surface area contributed by atoms with Crippen molar-refractivity contribution in [3.8, 4) is 0 Å². The molecule has 1 amide bonds. The van der Waals surface area contributed by atoms with Crippen LogP contribution in [-0.4, -0.2) is 38.9 Å². The Kier molecular flexibility index (Phi) is 6.09. The molecular weight excluding hydrogens is 470 g/mol. The highest BCUT2D eigenvalue weighted by Crippen LogP contribution is 2.31. The van der Waals surface area contributed by atoms with Gasteiger partial charge in [0, 0.05) is 24.3 Å². The summed E-state index contributed by atoms with van der Waals surface area (Å²) in [6.45, 7) is 0.982. The smallest absolute Gasteiger partial charge is 0.272 e.